The Balaban J connectivity index is 2.65. The van der Waals surface area contributed by atoms with Gasteiger partial charge in [-0.15, -0.1) is 0 Å². The molecule has 1 N–H and O–H groups in total. The summed E-state index contributed by atoms with van der Waals surface area (Å²) in [4.78, 5) is 24.5. The van der Waals surface area contributed by atoms with Crippen LogP contribution in [0.2, 0.25) is 0 Å². The van der Waals surface area contributed by atoms with Gasteiger partial charge in [-0.2, -0.15) is 8.42 Å². The monoisotopic (exact) mass is 427 g/mol. The van der Waals surface area contributed by atoms with Crippen molar-refractivity contribution in [2.75, 3.05) is 20.0 Å². The average molecular weight is 428 g/mol. The first kappa shape index (κ1) is 25.3. The zero-order chi connectivity index (χ0) is 22.1. The lowest BCUT2D eigenvalue weighted by molar-refractivity contribution is -0.127. The van der Waals surface area contributed by atoms with Crippen LogP contribution in [0.15, 0.2) is 30.3 Å². The SMILES string of the molecule is COC(CCc1ccccc1)C(CCC(=O)NC(C)(C)CS(=O)(=O)OC)C(C)=O. The third kappa shape index (κ3) is 9.51. The maximum Gasteiger partial charge on any atom is 0.269 e. The summed E-state index contributed by atoms with van der Waals surface area (Å²) < 4.78 is 33.3. The molecular weight excluding hydrogens is 394 g/mol. The Kier molecular flexibility index (Phi) is 9.95. The quantitative estimate of drug-likeness (QED) is 0.486. The molecule has 0 aliphatic rings. The second-order valence-corrected chi connectivity index (χ2v) is 9.59. The summed E-state index contributed by atoms with van der Waals surface area (Å²) in [6.07, 6.45) is 1.59. The summed E-state index contributed by atoms with van der Waals surface area (Å²) in [5.41, 5.74) is 0.182. The number of hydrogen-bond acceptors (Lipinski definition) is 6. The molecule has 8 heteroatoms. The predicted octanol–water partition coefficient (Wildman–Crippen LogP) is 2.49. The number of amides is 1. The lowest BCUT2D eigenvalue weighted by Crippen LogP contribution is -2.48. The van der Waals surface area contributed by atoms with Gasteiger partial charge >= 0.3 is 0 Å². The molecule has 0 spiro atoms. The predicted molar refractivity (Wildman–Crippen MR) is 112 cm³/mol. The van der Waals surface area contributed by atoms with E-state index in [2.05, 4.69) is 9.50 Å². The van der Waals surface area contributed by atoms with E-state index in [-0.39, 0.29) is 30.0 Å². The van der Waals surface area contributed by atoms with Crippen molar-refractivity contribution in [1.29, 1.82) is 0 Å². The van der Waals surface area contributed by atoms with Crippen molar-refractivity contribution in [3.8, 4) is 0 Å². The Labute approximate surface area is 174 Å². The van der Waals surface area contributed by atoms with Gasteiger partial charge in [0.15, 0.2) is 0 Å². The molecule has 29 heavy (non-hydrogen) atoms. The molecule has 2 unspecified atom stereocenters. The van der Waals surface area contributed by atoms with Gasteiger partial charge in [0.25, 0.3) is 10.1 Å². The Hall–Kier alpha value is -1.77. The van der Waals surface area contributed by atoms with Gasteiger partial charge in [0.05, 0.1) is 24.5 Å². The molecule has 0 bridgehead atoms. The highest BCUT2D eigenvalue weighted by Crippen LogP contribution is 2.21. The second-order valence-electron chi connectivity index (χ2n) is 7.85. The zero-order valence-electron chi connectivity index (χ0n) is 17.9. The number of carbonyl (C=O) groups excluding carboxylic acids is 2. The highest BCUT2D eigenvalue weighted by Gasteiger charge is 2.30. The molecule has 0 aliphatic heterocycles. The third-order valence-electron chi connectivity index (χ3n) is 4.79. The summed E-state index contributed by atoms with van der Waals surface area (Å²) in [5.74, 6) is -1.08. The summed E-state index contributed by atoms with van der Waals surface area (Å²) in [7, 11) is -1.05. The number of benzene rings is 1. The van der Waals surface area contributed by atoms with E-state index in [0.29, 0.717) is 12.8 Å². The zero-order valence-corrected chi connectivity index (χ0v) is 18.8. The van der Waals surface area contributed by atoms with E-state index in [1.54, 1.807) is 21.0 Å². The number of carbonyl (C=O) groups is 2. The van der Waals surface area contributed by atoms with Crippen LogP contribution in [0, 0.1) is 5.92 Å². The van der Waals surface area contributed by atoms with E-state index in [1.165, 1.54) is 6.92 Å². The largest absolute Gasteiger partial charge is 0.381 e. The van der Waals surface area contributed by atoms with Crippen LogP contribution in [0.1, 0.15) is 45.6 Å². The van der Waals surface area contributed by atoms with E-state index < -0.39 is 21.6 Å². The van der Waals surface area contributed by atoms with Crippen LogP contribution in [-0.2, 0) is 35.0 Å². The van der Waals surface area contributed by atoms with Crippen molar-refractivity contribution >= 4 is 21.8 Å². The van der Waals surface area contributed by atoms with Gasteiger partial charge in [-0.3, -0.25) is 13.8 Å². The van der Waals surface area contributed by atoms with Gasteiger partial charge in [0.2, 0.25) is 5.91 Å². The standard InChI is InChI=1S/C21H33NO6S/c1-16(23)18(19(27-4)13-11-17-9-7-6-8-10-17)12-14-20(24)22-21(2,3)15-29(25,26)28-5/h6-10,18-19H,11-15H2,1-5H3,(H,22,24). The van der Waals surface area contributed by atoms with Crippen LogP contribution in [0.4, 0.5) is 0 Å². The topological polar surface area (TPSA) is 98.8 Å². The number of rotatable bonds is 13. The van der Waals surface area contributed by atoms with E-state index in [1.807, 2.05) is 30.3 Å². The van der Waals surface area contributed by atoms with Crippen molar-refractivity contribution in [3.63, 3.8) is 0 Å². The minimum absolute atomic E-state index is 0.0288. The molecule has 1 amide bonds. The second kappa shape index (κ2) is 11.4. The lowest BCUT2D eigenvalue weighted by atomic mass is 9.89. The van der Waals surface area contributed by atoms with Crippen LogP contribution < -0.4 is 5.32 Å². The van der Waals surface area contributed by atoms with Crippen molar-refractivity contribution in [3.05, 3.63) is 35.9 Å². The molecule has 0 aromatic heterocycles. The molecule has 1 rings (SSSR count). The molecule has 0 aliphatic carbocycles. The fourth-order valence-corrected chi connectivity index (χ4v) is 4.43. The number of ketones is 1. The molecule has 0 saturated heterocycles. The van der Waals surface area contributed by atoms with Gasteiger partial charge in [-0.1, -0.05) is 30.3 Å². The van der Waals surface area contributed by atoms with Crippen LogP contribution in [-0.4, -0.2) is 51.7 Å². The molecular formula is C21H33NO6S. The Morgan fingerprint density at radius 1 is 1.10 bits per heavy atom. The van der Waals surface area contributed by atoms with Crippen molar-refractivity contribution in [2.24, 2.45) is 5.92 Å². The van der Waals surface area contributed by atoms with Crippen molar-refractivity contribution in [2.45, 2.75) is 58.1 Å². The third-order valence-corrected chi connectivity index (χ3v) is 6.37. The van der Waals surface area contributed by atoms with Crippen LogP contribution in [0.3, 0.4) is 0 Å². The minimum atomic E-state index is -3.71. The highest BCUT2D eigenvalue weighted by molar-refractivity contribution is 7.86. The maximum absolute atomic E-state index is 12.4. The fourth-order valence-electron chi connectivity index (χ4n) is 3.35. The normalized spacial score (nSPS) is 14.2. The number of nitrogens with one attached hydrogen (secondary N) is 1. The molecule has 0 radical (unpaired) electrons. The Morgan fingerprint density at radius 3 is 2.24 bits per heavy atom. The molecule has 0 heterocycles. The minimum Gasteiger partial charge on any atom is -0.381 e. The van der Waals surface area contributed by atoms with Crippen molar-refractivity contribution < 1.29 is 26.9 Å². The molecule has 2 atom stereocenters. The smallest absolute Gasteiger partial charge is 0.269 e. The Morgan fingerprint density at radius 2 is 1.72 bits per heavy atom. The molecule has 164 valence electrons. The summed E-state index contributed by atoms with van der Waals surface area (Å²) in [5, 5.41) is 2.71. The first-order valence-electron chi connectivity index (χ1n) is 9.66. The van der Waals surface area contributed by atoms with Gasteiger partial charge < -0.3 is 10.1 Å². The van der Waals surface area contributed by atoms with Crippen LogP contribution >= 0.6 is 0 Å². The molecule has 1 aromatic rings. The maximum atomic E-state index is 12.4. The fraction of sp³-hybridized carbons (Fsp3) is 0.619. The first-order valence-corrected chi connectivity index (χ1v) is 11.2. The molecule has 0 fully saturated rings. The number of methoxy groups -OCH3 is 1. The molecule has 1 aromatic carbocycles. The van der Waals surface area contributed by atoms with Gasteiger partial charge in [0.1, 0.15) is 5.78 Å². The van der Waals surface area contributed by atoms with Gasteiger partial charge in [0, 0.05) is 19.4 Å². The van der Waals surface area contributed by atoms with Crippen LogP contribution in [0.25, 0.3) is 0 Å². The van der Waals surface area contributed by atoms with Crippen molar-refractivity contribution in [1.82, 2.24) is 5.32 Å². The van der Waals surface area contributed by atoms with E-state index >= 15 is 0 Å². The summed E-state index contributed by atoms with van der Waals surface area (Å²) in [6.45, 7) is 4.73. The Bertz CT molecular complexity index is 761. The number of ether oxygens (including phenoxy) is 1. The lowest BCUT2D eigenvalue weighted by Gasteiger charge is -2.27. The number of Topliss-reactive ketones (excluding diaryl/α,β-unsaturated/α-hetero) is 1. The highest BCUT2D eigenvalue weighted by atomic mass is 32.2. The summed E-state index contributed by atoms with van der Waals surface area (Å²) >= 11 is 0. The number of hydrogen-bond donors (Lipinski definition) is 1. The molecule has 0 saturated carbocycles. The van der Waals surface area contributed by atoms with Gasteiger partial charge in [-0.05, 0) is 45.6 Å². The van der Waals surface area contributed by atoms with E-state index in [0.717, 1.165) is 19.1 Å². The first-order chi connectivity index (χ1) is 13.5. The summed E-state index contributed by atoms with van der Waals surface area (Å²) in [6, 6.07) is 9.94. The average Bonchev–Trinajstić information content (AvgIpc) is 2.63. The van der Waals surface area contributed by atoms with E-state index in [4.69, 9.17) is 4.74 Å². The van der Waals surface area contributed by atoms with Crippen LogP contribution in [0.5, 0.6) is 0 Å². The number of aryl methyl sites for hydroxylation is 1. The van der Waals surface area contributed by atoms with E-state index in [9.17, 15) is 18.0 Å². The van der Waals surface area contributed by atoms with Gasteiger partial charge in [-0.25, -0.2) is 0 Å². The molecule has 7 nitrogen and oxygen atoms in total.